The molecule has 2 aromatic rings. The predicted molar refractivity (Wildman–Crippen MR) is 139 cm³/mol. The molecule has 0 saturated carbocycles. The molecule has 0 bridgehead atoms. The number of aliphatic carboxylic acids is 3. The van der Waals surface area contributed by atoms with E-state index in [1.807, 2.05) is 42.5 Å². The lowest BCUT2D eigenvalue weighted by atomic mass is 9.96. The minimum absolute atomic E-state index is 0.0519. The average molecular weight is 533 g/mol. The van der Waals surface area contributed by atoms with Crippen molar-refractivity contribution in [1.82, 2.24) is 10.2 Å². The van der Waals surface area contributed by atoms with Gasteiger partial charge in [-0.3, -0.25) is 14.4 Å². The standard InChI is InChI=1S/C21H28N2O2.C6H8O7/c1-3-23(4-2)15-14-22-21(24)17-25-20-12-10-19(11-13-20)16-18-8-6-5-7-9-18;7-3(8)1-6(13,5(11)12)2-4(9)10/h5-13H,3-4,14-17H2,1-2H3,(H,22,24);13H,1-2H2,(H,7,8)(H,9,10)(H,11,12). The molecule has 0 saturated heterocycles. The molecule has 1 amide bonds. The van der Waals surface area contributed by atoms with Gasteiger partial charge in [0, 0.05) is 13.1 Å². The fourth-order valence-electron chi connectivity index (χ4n) is 3.34. The molecule has 0 fully saturated rings. The van der Waals surface area contributed by atoms with Crippen molar-refractivity contribution >= 4 is 23.8 Å². The van der Waals surface area contributed by atoms with Gasteiger partial charge in [0.15, 0.2) is 12.2 Å². The summed E-state index contributed by atoms with van der Waals surface area (Å²) < 4.78 is 5.56. The molecule has 0 spiro atoms. The van der Waals surface area contributed by atoms with E-state index in [9.17, 15) is 19.2 Å². The first kappa shape index (κ1) is 32.1. The van der Waals surface area contributed by atoms with Gasteiger partial charge in [-0.15, -0.1) is 0 Å². The number of rotatable bonds is 15. The van der Waals surface area contributed by atoms with Crippen LogP contribution in [-0.4, -0.2) is 87.5 Å². The Kier molecular flexibility index (Phi) is 14.1. The smallest absolute Gasteiger partial charge is 0.336 e. The van der Waals surface area contributed by atoms with E-state index in [0.29, 0.717) is 6.54 Å². The van der Waals surface area contributed by atoms with Crippen molar-refractivity contribution < 1.29 is 44.3 Å². The molecular weight excluding hydrogens is 496 g/mol. The Morgan fingerprint density at radius 3 is 1.84 bits per heavy atom. The van der Waals surface area contributed by atoms with Crippen molar-refractivity contribution in [1.29, 1.82) is 0 Å². The van der Waals surface area contributed by atoms with Crippen LogP contribution in [-0.2, 0) is 25.6 Å². The Morgan fingerprint density at radius 2 is 1.37 bits per heavy atom. The third-order valence-corrected chi connectivity index (χ3v) is 5.47. The van der Waals surface area contributed by atoms with Crippen LogP contribution < -0.4 is 10.1 Å². The molecule has 0 aromatic heterocycles. The van der Waals surface area contributed by atoms with Crippen LogP contribution in [0.1, 0.15) is 37.8 Å². The molecule has 208 valence electrons. The van der Waals surface area contributed by atoms with Crippen LogP contribution >= 0.6 is 0 Å². The maximum Gasteiger partial charge on any atom is 0.336 e. The number of hydrogen-bond donors (Lipinski definition) is 5. The zero-order valence-electron chi connectivity index (χ0n) is 21.6. The van der Waals surface area contributed by atoms with Crippen molar-refractivity contribution in [2.24, 2.45) is 0 Å². The number of nitrogens with one attached hydrogen (secondary N) is 1. The number of carboxylic acids is 3. The summed E-state index contributed by atoms with van der Waals surface area (Å²) in [5, 5.41) is 36.7. The first-order valence-electron chi connectivity index (χ1n) is 12.1. The molecule has 2 rings (SSSR count). The van der Waals surface area contributed by atoms with Crippen LogP contribution in [0.4, 0.5) is 0 Å². The number of ether oxygens (including phenoxy) is 1. The average Bonchev–Trinajstić information content (AvgIpc) is 2.86. The highest BCUT2D eigenvalue weighted by atomic mass is 16.5. The second-order valence-electron chi connectivity index (χ2n) is 8.45. The highest BCUT2D eigenvalue weighted by molar-refractivity contribution is 5.88. The van der Waals surface area contributed by atoms with Gasteiger partial charge in [-0.2, -0.15) is 0 Å². The second kappa shape index (κ2) is 16.7. The SMILES string of the molecule is CCN(CC)CCNC(=O)COc1ccc(Cc2ccccc2)cc1.O=C(O)CC(O)(CC(=O)O)C(=O)O. The quantitative estimate of drug-likeness (QED) is 0.228. The van der Waals surface area contributed by atoms with Gasteiger partial charge < -0.3 is 35.4 Å². The van der Waals surface area contributed by atoms with Gasteiger partial charge in [0.05, 0.1) is 12.8 Å². The lowest BCUT2D eigenvalue weighted by Gasteiger charge is -2.18. The number of carbonyl (C=O) groups is 4. The van der Waals surface area contributed by atoms with Crippen LogP contribution in [0.15, 0.2) is 54.6 Å². The number of hydrogen-bond acceptors (Lipinski definition) is 7. The Hall–Kier alpha value is -3.96. The molecule has 38 heavy (non-hydrogen) atoms. The van der Waals surface area contributed by atoms with Gasteiger partial charge in [-0.25, -0.2) is 4.79 Å². The van der Waals surface area contributed by atoms with Crippen molar-refractivity contribution in [3.05, 3.63) is 65.7 Å². The maximum absolute atomic E-state index is 11.8. The Morgan fingerprint density at radius 1 is 0.842 bits per heavy atom. The van der Waals surface area contributed by atoms with Crippen molar-refractivity contribution in [3.8, 4) is 5.75 Å². The van der Waals surface area contributed by atoms with Crippen LogP contribution in [0, 0.1) is 0 Å². The maximum atomic E-state index is 11.8. The van der Waals surface area contributed by atoms with Gasteiger partial charge in [0.1, 0.15) is 5.75 Å². The topological polar surface area (TPSA) is 174 Å². The Labute approximate surface area is 221 Å². The number of likely N-dealkylation sites (N-methyl/N-ethyl adjacent to an activating group) is 1. The van der Waals surface area contributed by atoms with E-state index < -0.39 is 36.4 Å². The number of carboxylic acid groups (broad SMARTS) is 3. The van der Waals surface area contributed by atoms with E-state index in [0.717, 1.165) is 31.8 Å². The largest absolute Gasteiger partial charge is 0.484 e. The third-order valence-electron chi connectivity index (χ3n) is 5.47. The fraction of sp³-hybridized carbons (Fsp3) is 0.407. The minimum atomic E-state index is -2.74. The summed E-state index contributed by atoms with van der Waals surface area (Å²) in [6, 6.07) is 18.3. The van der Waals surface area contributed by atoms with Gasteiger partial charge in [0.25, 0.3) is 5.91 Å². The first-order chi connectivity index (χ1) is 18.0. The number of nitrogens with zero attached hydrogens (tertiary/aromatic N) is 1. The molecule has 0 atom stereocenters. The van der Waals surface area contributed by atoms with Crippen LogP contribution in [0.2, 0.25) is 0 Å². The summed E-state index contributed by atoms with van der Waals surface area (Å²) >= 11 is 0. The third kappa shape index (κ3) is 12.8. The van der Waals surface area contributed by atoms with Crippen LogP contribution in [0.25, 0.3) is 0 Å². The Bertz CT molecular complexity index is 1010. The molecule has 0 aliphatic carbocycles. The summed E-state index contributed by atoms with van der Waals surface area (Å²) in [4.78, 5) is 44.6. The fourth-order valence-corrected chi connectivity index (χ4v) is 3.34. The number of amides is 1. The Balaban J connectivity index is 0.000000471. The van der Waals surface area contributed by atoms with E-state index in [4.69, 9.17) is 25.2 Å². The summed E-state index contributed by atoms with van der Waals surface area (Å²) in [6.07, 6.45) is -1.39. The highest BCUT2D eigenvalue weighted by Gasteiger charge is 2.40. The van der Waals surface area contributed by atoms with E-state index >= 15 is 0 Å². The van der Waals surface area contributed by atoms with Gasteiger partial charge in [-0.1, -0.05) is 56.3 Å². The number of benzene rings is 2. The molecule has 11 heteroatoms. The second-order valence-corrected chi connectivity index (χ2v) is 8.45. The van der Waals surface area contributed by atoms with E-state index in [1.165, 1.54) is 11.1 Å². The van der Waals surface area contributed by atoms with Crippen LogP contribution in [0.5, 0.6) is 5.75 Å². The van der Waals surface area contributed by atoms with Crippen molar-refractivity contribution in [3.63, 3.8) is 0 Å². The molecular formula is C27H36N2O9. The first-order valence-corrected chi connectivity index (χ1v) is 12.1. The normalized spacial score (nSPS) is 10.7. The monoisotopic (exact) mass is 532 g/mol. The van der Waals surface area contributed by atoms with E-state index in [2.05, 4.69) is 36.2 Å². The molecule has 2 aromatic carbocycles. The molecule has 0 aliphatic rings. The lowest BCUT2D eigenvalue weighted by Crippen LogP contribution is -2.42. The molecule has 0 heterocycles. The zero-order valence-corrected chi connectivity index (χ0v) is 21.6. The van der Waals surface area contributed by atoms with Crippen molar-refractivity contribution in [2.75, 3.05) is 32.8 Å². The van der Waals surface area contributed by atoms with Gasteiger partial charge in [0.2, 0.25) is 0 Å². The van der Waals surface area contributed by atoms with Crippen molar-refractivity contribution in [2.45, 2.75) is 38.7 Å². The highest BCUT2D eigenvalue weighted by Crippen LogP contribution is 2.16. The molecule has 11 nitrogen and oxygen atoms in total. The number of carbonyl (C=O) groups excluding carboxylic acids is 1. The molecule has 5 N–H and O–H groups in total. The molecule has 0 radical (unpaired) electrons. The summed E-state index contributed by atoms with van der Waals surface area (Å²) in [7, 11) is 0. The van der Waals surface area contributed by atoms with E-state index in [-0.39, 0.29) is 12.5 Å². The lowest BCUT2D eigenvalue weighted by molar-refractivity contribution is -0.170. The van der Waals surface area contributed by atoms with Crippen LogP contribution in [0.3, 0.4) is 0 Å². The predicted octanol–water partition coefficient (Wildman–Crippen LogP) is 1.87. The van der Waals surface area contributed by atoms with E-state index in [1.54, 1.807) is 0 Å². The molecule has 0 unspecified atom stereocenters. The van der Waals surface area contributed by atoms with Gasteiger partial charge in [-0.05, 0) is 42.8 Å². The molecule has 0 aliphatic heterocycles. The van der Waals surface area contributed by atoms with Gasteiger partial charge >= 0.3 is 17.9 Å². The number of aliphatic hydroxyl groups is 1. The summed E-state index contributed by atoms with van der Waals surface area (Å²) in [5.74, 6) is -4.38. The minimum Gasteiger partial charge on any atom is -0.484 e. The summed E-state index contributed by atoms with van der Waals surface area (Å²) in [6.45, 7) is 7.81. The zero-order chi connectivity index (χ0) is 28.6. The summed E-state index contributed by atoms with van der Waals surface area (Å²) in [5.41, 5.74) is -0.233.